The van der Waals surface area contributed by atoms with Crippen LogP contribution >= 0.6 is 0 Å². The summed E-state index contributed by atoms with van der Waals surface area (Å²) in [7, 11) is 0. The molecule has 2 amide bonds. The van der Waals surface area contributed by atoms with Gasteiger partial charge in [0.15, 0.2) is 17.4 Å². The van der Waals surface area contributed by atoms with Crippen LogP contribution < -0.4 is 9.64 Å². The SMILES string of the molecule is CC(C)Oc1ccc(C2=C(O)C(=O)N(c3ccc(F)c(F)c3)C2=O)cc1. The average molecular weight is 359 g/mol. The van der Waals surface area contributed by atoms with Crippen LogP contribution in [0.1, 0.15) is 19.4 Å². The lowest BCUT2D eigenvalue weighted by Crippen LogP contribution is -2.31. The second kappa shape index (κ2) is 6.59. The number of benzene rings is 2. The van der Waals surface area contributed by atoms with Gasteiger partial charge in [0, 0.05) is 6.07 Å². The molecule has 0 fully saturated rings. The number of hydrogen-bond acceptors (Lipinski definition) is 4. The molecule has 3 rings (SSSR count). The summed E-state index contributed by atoms with van der Waals surface area (Å²) in [5.41, 5.74) is -0.0712. The number of anilines is 1. The van der Waals surface area contributed by atoms with Gasteiger partial charge in [-0.1, -0.05) is 12.1 Å². The lowest BCUT2D eigenvalue weighted by Gasteiger charge is -2.15. The largest absolute Gasteiger partial charge is 0.502 e. The summed E-state index contributed by atoms with van der Waals surface area (Å²) < 4.78 is 32.0. The van der Waals surface area contributed by atoms with Gasteiger partial charge in [0.2, 0.25) is 0 Å². The quantitative estimate of drug-likeness (QED) is 0.847. The number of amides is 2. The molecule has 134 valence electrons. The highest BCUT2D eigenvalue weighted by molar-refractivity contribution is 6.44. The molecule has 1 heterocycles. The van der Waals surface area contributed by atoms with Crippen LogP contribution in [-0.2, 0) is 9.59 Å². The van der Waals surface area contributed by atoms with E-state index in [-0.39, 0.29) is 17.4 Å². The van der Waals surface area contributed by atoms with Crippen LogP contribution in [0.5, 0.6) is 5.75 Å². The van der Waals surface area contributed by atoms with Gasteiger partial charge in [0.25, 0.3) is 5.91 Å². The van der Waals surface area contributed by atoms with Gasteiger partial charge in [-0.05, 0) is 43.7 Å². The number of rotatable bonds is 4. The lowest BCUT2D eigenvalue weighted by molar-refractivity contribution is -0.121. The molecule has 0 aromatic heterocycles. The lowest BCUT2D eigenvalue weighted by atomic mass is 10.1. The summed E-state index contributed by atoms with van der Waals surface area (Å²) in [4.78, 5) is 25.5. The Kier molecular flexibility index (Phi) is 4.46. The van der Waals surface area contributed by atoms with Crippen molar-refractivity contribution in [3.63, 3.8) is 0 Å². The number of carbonyl (C=O) groups excluding carboxylic acids is 2. The van der Waals surface area contributed by atoms with Crippen molar-refractivity contribution in [3.8, 4) is 5.75 Å². The van der Waals surface area contributed by atoms with Crippen molar-refractivity contribution < 1.29 is 28.2 Å². The zero-order valence-corrected chi connectivity index (χ0v) is 14.0. The second-order valence-electron chi connectivity index (χ2n) is 5.96. The van der Waals surface area contributed by atoms with Gasteiger partial charge in [-0.3, -0.25) is 9.59 Å². The van der Waals surface area contributed by atoms with E-state index in [1.54, 1.807) is 12.1 Å². The minimum Gasteiger partial charge on any atom is -0.502 e. The van der Waals surface area contributed by atoms with E-state index in [4.69, 9.17) is 4.74 Å². The van der Waals surface area contributed by atoms with Gasteiger partial charge in [-0.15, -0.1) is 0 Å². The van der Waals surface area contributed by atoms with Crippen LogP contribution in [0.3, 0.4) is 0 Å². The van der Waals surface area contributed by atoms with Crippen molar-refractivity contribution in [3.05, 3.63) is 65.4 Å². The van der Waals surface area contributed by atoms with Crippen molar-refractivity contribution >= 4 is 23.1 Å². The number of ether oxygens (including phenoxy) is 1. The van der Waals surface area contributed by atoms with Gasteiger partial charge in [0.05, 0.1) is 17.4 Å². The van der Waals surface area contributed by atoms with Crippen molar-refractivity contribution in [2.75, 3.05) is 4.90 Å². The van der Waals surface area contributed by atoms with E-state index in [0.29, 0.717) is 16.2 Å². The highest BCUT2D eigenvalue weighted by Gasteiger charge is 2.40. The highest BCUT2D eigenvalue weighted by atomic mass is 19.2. The number of halogens is 2. The van der Waals surface area contributed by atoms with E-state index in [2.05, 4.69) is 0 Å². The molecule has 0 unspecified atom stereocenters. The molecule has 26 heavy (non-hydrogen) atoms. The van der Waals surface area contributed by atoms with Crippen LogP contribution in [0.4, 0.5) is 14.5 Å². The standard InChI is InChI=1S/C19H15F2NO4/c1-10(2)26-13-6-3-11(4-7-13)16-17(23)19(25)22(18(16)24)12-5-8-14(20)15(21)9-12/h3-10,23H,1-2H3. The molecule has 2 aromatic rings. The van der Waals surface area contributed by atoms with Crippen LogP contribution in [0.2, 0.25) is 0 Å². The topological polar surface area (TPSA) is 66.8 Å². The maximum atomic E-state index is 13.4. The molecule has 0 aliphatic carbocycles. The van der Waals surface area contributed by atoms with Crippen molar-refractivity contribution in [2.45, 2.75) is 20.0 Å². The molecule has 0 saturated carbocycles. The van der Waals surface area contributed by atoms with Crippen molar-refractivity contribution in [1.82, 2.24) is 0 Å². The third-order valence-corrected chi connectivity index (χ3v) is 3.74. The number of aliphatic hydroxyl groups excluding tert-OH is 1. The maximum Gasteiger partial charge on any atom is 0.301 e. The number of carbonyl (C=O) groups is 2. The Bertz CT molecular complexity index is 920. The summed E-state index contributed by atoms with van der Waals surface area (Å²) in [5, 5.41) is 10.1. The molecule has 1 aliphatic rings. The van der Waals surface area contributed by atoms with Gasteiger partial charge in [-0.25, -0.2) is 13.7 Å². The number of hydrogen-bond donors (Lipinski definition) is 1. The smallest absolute Gasteiger partial charge is 0.301 e. The van der Waals surface area contributed by atoms with E-state index in [0.717, 1.165) is 18.2 Å². The number of aliphatic hydroxyl groups is 1. The van der Waals surface area contributed by atoms with Crippen molar-refractivity contribution in [2.24, 2.45) is 0 Å². The van der Waals surface area contributed by atoms with E-state index in [9.17, 15) is 23.5 Å². The summed E-state index contributed by atoms with van der Waals surface area (Å²) in [6.07, 6.45) is -0.0352. The minimum atomic E-state index is -1.20. The normalized spacial score (nSPS) is 14.6. The molecule has 0 bridgehead atoms. The van der Waals surface area contributed by atoms with Gasteiger partial charge < -0.3 is 9.84 Å². The zero-order chi connectivity index (χ0) is 19.0. The summed E-state index contributed by atoms with van der Waals surface area (Å²) >= 11 is 0. The van der Waals surface area contributed by atoms with Gasteiger partial charge in [-0.2, -0.15) is 0 Å². The third kappa shape index (κ3) is 3.03. The van der Waals surface area contributed by atoms with Crippen LogP contribution in [0.25, 0.3) is 5.57 Å². The first-order valence-corrected chi connectivity index (χ1v) is 7.83. The maximum absolute atomic E-state index is 13.4. The predicted molar refractivity (Wildman–Crippen MR) is 90.6 cm³/mol. The van der Waals surface area contributed by atoms with Crippen LogP contribution in [-0.4, -0.2) is 23.0 Å². The molecule has 1 N–H and O–H groups in total. The first-order valence-electron chi connectivity index (χ1n) is 7.83. The number of imide groups is 1. The summed E-state index contributed by atoms with van der Waals surface area (Å²) in [6.45, 7) is 3.72. The first-order chi connectivity index (χ1) is 12.3. The Hall–Kier alpha value is -3.22. The Morgan fingerprint density at radius 3 is 2.19 bits per heavy atom. The molecule has 0 atom stereocenters. The van der Waals surface area contributed by atoms with E-state index >= 15 is 0 Å². The summed E-state index contributed by atoms with van der Waals surface area (Å²) in [5.74, 6) is -4.32. The summed E-state index contributed by atoms with van der Waals surface area (Å²) in [6, 6.07) is 8.89. The molecule has 5 nitrogen and oxygen atoms in total. The molecule has 0 radical (unpaired) electrons. The van der Waals surface area contributed by atoms with Crippen molar-refractivity contribution in [1.29, 1.82) is 0 Å². The van der Waals surface area contributed by atoms with Crippen LogP contribution in [0.15, 0.2) is 48.2 Å². The molecule has 2 aromatic carbocycles. The monoisotopic (exact) mass is 359 g/mol. The van der Waals surface area contributed by atoms with E-state index < -0.39 is 29.2 Å². The minimum absolute atomic E-state index is 0.0352. The Labute approximate surface area is 148 Å². The molecular weight excluding hydrogens is 344 g/mol. The highest BCUT2D eigenvalue weighted by Crippen LogP contribution is 2.33. The Morgan fingerprint density at radius 1 is 0.962 bits per heavy atom. The molecule has 0 saturated heterocycles. The molecule has 0 spiro atoms. The predicted octanol–water partition coefficient (Wildman–Crippen LogP) is 3.59. The fourth-order valence-corrected chi connectivity index (χ4v) is 2.61. The first kappa shape index (κ1) is 17.6. The number of nitrogens with zero attached hydrogens (tertiary/aromatic N) is 1. The zero-order valence-electron chi connectivity index (χ0n) is 14.0. The molecule has 1 aliphatic heterocycles. The Morgan fingerprint density at radius 2 is 1.62 bits per heavy atom. The second-order valence-corrected chi connectivity index (χ2v) is 5.96. The van der Waals surface area contributed by atoms with E-state index in [1.165, 1.54) is 12.1 Å². The van der Waals surface area contributed by atoms with E-state index in [1.807, 2.05) is 13.8 Å². The van der Waals surface area contributed by atoms with Gasteiger partial charge >= 0.3 is 5.91 Å². The third-order valence-electron chi connectivity index (χ3n) is 3.74. The van der Waals surface area contributed by atoms with Gasteiger partial charge in [0.1, 0.15) is 5.75 Å². The molecular formula is C19H15F2NO4. The van der Waals surface area contributed by atoms with Crippen LogP contribution in [0, 0.1) is 11.6 Å². The fraction of sp³-hybridized carbons (Fsp3) is 0.158. The average Bonchev–Trinajstić information content (AvgIpc) is 2.80. The fourth-order valence-electron chi connectivity index (χ4n) is 2.61. The molecule has 7 heteroatoms. The Balaban J connectivity index is 1.95.